The molecule has 1 saturated carbocycles. The van der Waals surface area contributed by atoms with Crippen molar-refractivity contribution in [2.24, 2.45) is 5.41 Å². The third-order valence-electron chi connectivity index (χ3n) is 5.69. The predicted octanol–water partition coefficient (Wildman–Crippen LogP) is 1.72. The summed E-state index contributed by atoms with van der Waals surface area (Å²) >= 11 is 0. The van der Waals surface area contributed by atoms with E-state index in [2.05, 4.69) is 4.90 Å². The van der Waals surface area contributed by atoms with Crippen molar-refractivity contribution in [1.29, 1.82) is 0 Å². The maximum absolute atomic E-state index is 12.6. The summed E-state index contributed by atoms with van der Waals surface area (Å²) in [6, 6.07) is 0.509. The lowest BCUT2D eigenvalue weighted by atomic mass is 9.71. The Balaban J connectivity index is 1.63. The molecule has 1 amide bonds. The molecule has 2 saturated heterocycles. The number of fused-ring (bicyclic) bond motifs is 1. The van der Waals surface area contributed by atoms with Gasteiger partial charge in [-0.2, -0.15) is 0 Å². The van der Waals surface area contributed by atoms with Gasteiger partial charge >= 0.3 is 5.97 Å². The first kappa shape index (κ1) is 14.8. The molecule has 1 atom stereocenters. The number of aliphatic carboxylic acids is 1. The first-order chi connectivity index (χ1) is 10.1. The van der Waals surface area contributed by atoms with Crippen molar-refractivity contribution in [3.8, 4) is 0 Å². The zero-order chi connectivity index (χ0) is 14.9. The number of rotatable bonds is 3. The zero-order valence-corrected chi connectivity index (χ0v) is 12.7. The van der Waals surface area contributed by atoms with Gasteiger partial charge in [-0.25, -0.2) is 0 Å². The summed E-state index contributed by atoms with van der Waals surface area (Å²) in [5.74, 6) is -0.707. The first-order valence-corrected chi connectivity index (χ1v) is 8.36. The second kappa shape index (κ2) is 5.95. The number of carbonyl (C=O) groups excluding carboxylic acids is 1. The van der Waals surface area contributed by atoms with Gasteiger partial charge in [0.05, 0.1) is 5.41 Å². The van der Waals surface area contributed by atoms with Crippen LogP contribution in [0.3, 0.4) is 0 Å². The van der Waals surface area contributed by atoms with Gasteiger partial charge in [-0.1, -0.05) is 19.3 Å². The van der Waals surface area contributed by atoms with Crippen LogP contribution in [0.4, 0.5) is 0 Å². The number of piperazine rings is 1. The quantitative estimate of drug-likeness (QED) is 0.861. The molecule has 0 aromatic rings. The molecule has 2 heterocycles. The van der Waals surface area contributed by atoms with E-state index in [0.29, 0.717) is 18.9 Å². The fraction of sp³-hybridized carbons (Fsp3) is 0.875. The molecule has 5 heteroatoms. The number of amides is 1. The molecule has 3 rings (SSSR count). The standard InChI is InChI=1S/C16H26N2O3/c19-14(11-16(15(20)21)6-2-1-3-7-16)18-10-9-17-8-4-5-13(17)12-18/h13H,1-12H2,(H,20,21). The van der Waals surface area contributed by atoms with E-state index in [-0.39, 0.29) is 12.3 Å². The minimum absolute atomic E-state index is 0.0610. The Morgan fingerprint density at radius 3 is 2.52 bits per heavy atom. The average Bonchev–Trinajstić information content (AvgIpc) is 2.95. The summed E-state index contributed by atoms with van der Waals surface area (Å²) in [5, 5.41) is 9.61. The Morgan fingerprint density at radius 2 is 1.81 bits per heavy atom. The van der Waals surface area contributed by atoms with Gasteiger partial charge in [0.15, 0.2) is 0 Å². The number of carboxylic acid groups (broad SMARTS) is 1. The Morgan fingerprint density at radius 1 is 1.05 bits per heavy atom. The van der Waals surface area contributed by atoms with E-state index in [4.69, 9.17) is 0 Å². The van der Waals surface area contributed by atoms with Crippen molar-refractivity contribution in [1.82, 2.24) is 9.80 Å². The second-order valence-electron chi connectivity index (χ2n) is 6.99. The van der Waals surface area contributed by atoms with Crippen LogP contribution in [-0.4, -0.2) is 59.0 Å². The third-order valence-corrected chi connectivity index (χ3v) is 5.69. The smallest absolute Gasteiger partial charge is 0.310 e. The highest BCUT2D eigenvalue weighted by molar-refractivity contribution is 5.85. The van der Waals surface area contributed by atoms with E-state index in [0.717, 1.165) is 45.4 Å². The van der Waals surface area contributed by atoms with Crippen LogP contribution in [0.5, 0.6) is 0 Å². The molecular weight excluding hydrogens is 268 g/mol. The van der Waals surface area contributed by atoms with Crippen LogP contribution in [0.15, 0.2) is 0 Å². The van der Waals surface area contributed by atoms with Gasteiger partial charge in [0.2, 0.25) is 5.91 Å². The van der Waals surface area contributed by atoms with Crippen molar-refractivity contribution in [2.75, 3.05) is 26.2 Å². The van der Waals surface area contributed by atoms with E-state index >= 15 is 0 Å². The molecule has 3 fully saturated rings. The summed E-state index contributed by atoms with van der Waals surface area (Å²) in [4.78, 5) is 28.7. The molecule has 2 aliphatic heterocycles. The second-order valence-corrected chi connectivity index (χ2v) is 6.99. The minimum atomic E-state index is -0.790. The molecule has 5 nitrogen and oxygen atoms in total. The molecule has 0 aromatic carbocycles. The number of hydrogen-bond donors (Lipinski definition) is 1. The molecule has 21 heavy (non-hydrogen) atoms. The number of carbonyl (C=O) groups is 2. The fourth-order valence-corrected chi connectivity index (χ4v) is 4.31. The molecule has 1 N–H and O–H groups in total. The average molecular weight is 294 g/mol. The van der Waals surface area contributed by atoms with Crippen LogP contribution in [0.2, 0.25) is 0 Å². The first-order valence-electron chi connectivity index (χ1n) is 8.36. The highest BCUT2D eigenvalue weighted by Gasteiger charge is 2.43. The number of hydrogen-bond acceptors (Lipinski definition) is 3. The predicted molar refractivity (Wildman–Crippen MR) is 78.9 cm³/mol. The van der Waals surface area contributed by atoms with E-state index in [9.17, 15) is 14.7 Å². The summed E-state index contributed by atoms with van der Waals surface area (Å²) in [6.45, 7) is 3.68. The molecule has 3 aliphatic rings. The van der Waals surface area contributed by atoms with Gasteiger partial charge < -0.3 is 10.0 Å². The van der Waals surface area contributed by atoms with Crippen molar-refractivity contribution >= 4 is 11.9 Å². The van der Waals surface area contributed by atoms with Crippen molar-refractivity contribution in [2.45, 2.75) is 57.4 Å². The molecule has 0 bridgehead atoms. The summed E-state index contributed by atoms with van der Waals surface area (Å²) in [5.41, 5.74) is -0.790. The van der Waals surface area contributed by atoms with E-state index < -0.39 is 11.4 Å². The third kappa shape index (κ3) is 2.93. The maximum atomic E-state index is 12.6. The largest absolute Gasteiger partial charge is 0.481 e. The van der Waals surface area contributed by atoms with Gasteiger partial charge in [-0.15, -0.1) is 0 Å². The van der Waals surface area contributed by atoms with Crippen molar-refractivity contribution in [3.63, 3.8) is 0 Å². The van der Waals surface area contributed by atoms with Crippen molar-refractivity contribution < 1.29 is 14.7 Å². The van der Waals surface area contributed by atoms with Crippen LogP contribution < -0.4 is 0 Å². The number of carboxylic acids is 1. The summed E-state index contributed by atoms with van der Waals surface area (Å²) in [7, 11) is 0. The molecule has 1 unspecified atom stereocenters. The van der Waals surface area contributed by atoms with E-state index in [1.807, 2.05) is 4.90 Å². The van der Waals surface area contributed by atoms with Gasteiger partial charge in [0.25, 0.3) is 0 Å². The highest BCUT2D eigenvalue weighted by Crippen LogP contribution is 2.40. The Kier molecular flexibility index (Phi) is 4.20. The molecule has 118 valence electrons. The monoisotopic (exact) mass is 294 g/mol. The minimum Gasteiger partial charge on any atom is -0.481 e. The lowest BCUT2D eigenvalue weighted by molar-refractivity contribution is -0.156. The highest BCUT2D eigenvalue weighted by atomic mass is 16.4. The normalized spacial score (nSPS) is 29.1. The van der Waals surface area contributed by atoms with Crippen LogP contribution in [0.25, 0.3) is 0 Å². The van der Waals surface area contributed by atoms with Gasteiger partial charge in [0, 0.05) is 32.1 Å². The molecule has 0 radical (unpaired) electrons. The van der Waals surface area contributed by atoms with Crippen LogP contribution in [0, 0.1) is 5.41 Å². The number of nitrogens with zero attached hydrogens (tertiary/aromatic N) is 2. The summed E-state index contributed by atoms with van der Waals surface area (Å²) < 4.78 is 0. The lowest BCUT2D eigenvalue weighted by Gasteiger charge is -2.40. The Labute approximate surface area is 126 Å². The Hall–Kier alpha value is -1.10. The van der Waals surface area contributed by atoms with Crippen LogP contribution >= 0.6 is 0 Å². The maximum Gasteiger partial charge on any atom is 0.310 e. The van der Waals surface area contributed by atoms with Crippen molar-refractivity contribution in [3.05, 3.63) is 0 Å². The Bertz CT molecular complexity index is 418. The summed E-state index contributed by atoms with van der Waals surface area (Å²) in [6.07, 6.45) is 6.92. The van der Waals surface area contributed by atoms with Gasteiger partial charge in [0.1, 0.15) is 0 Å². The SMILES string of the molecule is O=C(CC1(C(=O)O)CCCCC1)N1CCN2CCCC2C1. The van der Waals surface area contributed by atoms with Gasteiger partial charge in [-0.05, 0) is 32.2 Å². The van der Waals surface area contributed by atoms with E-state index in [1.54, 1.807) is 0 Å². The molecule has 0 aromatic heterocycles. The van der Waals surface area contributed by atoms with E-state index in [1.165, 1.54) is 12.8 Å². The molecular formula is C16H26N2O3. The molecule has 0 spiro atoms. The van der Waals surface area contributed by atoms with Crippen LogP contribution in [0.1, 0.15) is 51.4 Å². The van der Waals surface area contributed by atoms with Crippen LogP contribution in [-0.2, 0) is 9.59 Å². The lowest BCUT2D eigenvalue weighted by Crippen LogP contribution is -2.53. The fourth-order valence-electron chi connectivity index (χ4n) is 4.31. The molecule has 1 aliphatic carbocycles. The van der Waals surface area contributed by atoms with Gasteiger partial charge in [-0.3, -0.25) is 14.5 Å². The topological polar surface area (TPSA) is 60.9 Å². The zero-order valence-electron chi connectivity index (χ0n) is 12.7.